The molecule has 7 nitrogen and oxygen atoms in total. The van der Waals surface area contributed by atoms with E-state index in [1.54, 1.807) is 49.8 Å². The third-order valence-electron chi connectivity index (χ3n) is 4.55. The summed E-state index contributed by atoms with van der Waals surface area (Å²) in [5.74, 6) is 0.483. The molecule has 30 heavy (non-hydrogen) atoms. The SMILES string of the molecule is COc1ccc(C)c(CS(=O)(=O)c2ccc(NC(=O)NCc3cccnc3)cc2)c1. The van der Waals surface area contributed by atoms with Crippen LogP contribution in [0.4, 0.5) is 10.5 Å². The van der Waals surface area contributed by atoms with Crippen LogP contribution in [0.5, 0.6) is 5.75 Å². The molecule has 0 aliphatic heterocycles. The standard InChI is InChI=1S/C22H23N3O4S/c1-16-5-8-20(29-2)12-18(16)15-30(27,28)21-9-6-19(7-10-21)25-22(26)24-14-17-4-3-11-23-13-17/h3-13H,14-15H2,1-2H3,(H2,24,25,26). The van der Waals surface area contributed by atoms with E-state index in [4.69, 9.17) is 4.74 Å². The molecular weight excluding hydrogens is 402 g/mol. The quantitative estimate of drug-likeness (QED) is 0.602. The van der Waals surface area contributed by atoms with Crippen molar-refractivity contribution in [3.63, 3.8) is 0 Å². The van der Waals surface area contributed by atoms with E-state index in [1.165, 1.54) is 12.1 Å². The Hall–Kier alpha value is -3.39. The minimum absolute atomic E-state index is 0.131. The summed E-state index contributed by atoms with van der Waals surface area (Å²) < 4.78 is 30.8. The molecule has 0 radical (unpaired) electrons. The van der Waals surface area contributed by atoms with E-state index in [9.17, 15) is 13.2 Å². The zero-order valence-electron chi connectivity index (χ0n) is 16.8. The lowest BCUT2D eigenvalue weighted by atomic mass is 10.1. The van der Waals surface area contributed by atoms with E-state index in [0.717, 1.165) is 11.1 Å². The maximum Gasteiger partial charge on any atom is 0.319 e. The van der Waals surface area contributed by atoms with Crippen molar-refractivity contribution >= 4 is 21.6 Å². The molecule has 3 rings (SSSR count). The fourth-order valence-corrected chi connectivity index (χ4v) is 4.26. The summed E-state index contributed by atoms with van der Waals surface area (Å²) in [4.78, 5) is 16.2. The van der Waals surface area contributed by atoms with Gasteiger partial charge in [0.15, 0.2) is 9.84 Å². The summed E-state index contributed by atoms with van der Waals surface area (Å²) >= 11 is 0. The van der Waals surface area contributed by atoms with Crippen molar-refractivity contribution < 1.29 is 17.9 Å². The molecule has 156 valence electrons. The number of hydrogen-bond acceptors (Lipinski definition) is 5. The molecule has 1 aromatic heterocycles. The molecule has 2 amide bonds. The lowest BCUT2D eigenvalue weighted by Gasteiger charge is -2.11. The highest BCUT2D eigenvalue weighted by molar-refractivity contribution is 7.90. The number of amides is 2. The van der Waals surface area contributed by atoms with Crippen LogP contribution in [0.2, 0.25) is 0 Å². The number of carbonyl (C=O) groups excluding carboxylic acids is 1. The van der Waals surface area contributed by atoms with Crippen molar-refractivity contribution in [2.24, 2.45) is 0 Å². The van der Waals surface area contributed by atoms with Gasteiger partial charge in [-0.05, 0) is 66.1 Å². The summed E-state index contributed by atoms with van der Waals surface area (Å²) in [7, 11) is -2.00. The lowest BCUT2D eigenvalue weighted by Crippen LogP contribution is -2.28. The second kappa shape index (κ2) is 9.41. The zero-order chi connectivity index (χ0) is 21.6. The van der Waals surface area contributed by atoms with E-state index in [1.807, 2.05) is 19.1 Å². The van der Waals surface area contributed by atoms with Gasteiger partial charge in [-0.3, -0.25) is 4.98 Å². The Morgan fingerprint density at radius 2 is 1.87 bits per heavy atom. The second-order valence-corrected chi connectivity index (χ2v) is 8.73. The van der Waals surface area contributed by atoms with Crippen LogP contribution in [-0.2, 0) is 22.1 Å². The van der Waals surface area contributed by atoms with Crippen molar-refractivity contribution in [3.05, 3.63) is 83.7 Å². The second-order valence-electron chi connectivity index (χ2n) is 6.74. The van der Waals surface area contributed by atoms with Crippen LogP contribution in [0, 0.1) is 6.92 Å². The third-order valence-corrected chi connectivity index (χ3v) is 6.23. The van der Waals surface area contributed by atoms with E-state index in [-0.39, 0.29) is 16.7 Å². The molecule has 0 bridgehead atoms. The number of nitrogens with zero attached hydrogens (tertiary/aromatic N) is 1. The molecule has 2 N–H and O–H groups in total. The number of urea groups is 1. The number of methoxy groups -OCH3 is 1. The van der Waals surface area contributed by atoms with Crippen molar-refractivity contribution in [2.75, 3.05) is 12.4 Å². The average Bonchev–Trinajstić information content (AvgIpc) is 2.75. The van der Waals surface area contributed by atoms with Gasteiger partial charge >= 0.3 is 6.03 Å². The topological polar surface area (TPSA) is 97.4 Å². The van der Waals surface area contributed by atoms with Crippen LogP contribution >= 0.6 is 0 Å². The lowest BCUT2D eigenvalue weighted by molar-refractivity contribution is 0.251. The Kier molecular flexibility index (Phi) is 6.68. The molecule has 8 heteroatoms. The van der Waals surface area contributed by atoms with Gasteiger partial charge in [0.2, 0.25) is 0 Å². The average molecular weight is 426 g/mol. The first-order valence-corrected chi connectivity index (χ1v) is 10.9. The van der Waals surface area contributed by atoms with Crippen molar-refractivity contribution in [1.29, 1.82) is 0 Å². The number of benzene rings is 2. The van der Waals surface area contributed by atoms with Crippen LogP contribution in [0.3, 0.4) is 0 Å². The predicted molar refractivity (Wildman–Crippen MR) is 115 cm³/mol. The van der Waals surface area contributed by atoms with Gasteiger partial charge in [-0.2, -0.15) is 0 Å². The van der Waals surface area contributed by atoms with Gasteiger partial charge in [-0.1, -0.05) is 12.1 Å². The van der Waals surface area contributed by atoms with E-state index < -0.39 is 9.84 Å². The van der Waals surface area contributed by atoms with Gasteiger partial charge in [0.1, 0.15) is 5.75 Å². The number of anilines is 1. The van der Waals surface area contributed by atoms with Gasteiger partial charge < -0.3 is 15.4 Å². The van der Waals surface area contributed by atoms with E-state index in [2.05, 4.69) is 15.6 Å². The zero-order valence-corrected chi connectivity index (χ0v) is 17.6. The number of aryl methyl sites for hydroxylation is 1. The largest absolute Gasteiger partial charge is 0.497 e. The number of rotatable bonds is 7. The number of nitrogens with one attached hydrogen (secondary N) is 2. The summed E-state index contributed by atoms with van der Waals surface area (Å²) in [5, 5.41) is 5.40. The molecule has 0 spiro atoms. The molecule has 0 unspecified atom stereocenters. The van der Waals surface area contributed by atoms with Crippen molar-refractivity contribution in [1.82, 2.24) is 10.3 Å². The minimum Gasteiger partial charge on any atom is -0.497 e. The first kappa shape index (κ1) is 21.3. The summed E-state index contributed by atoms with van der Waals surface area (Å²) in [6.07, 6.45) is 3.33. The smallest absolute Gasteiger partial charge is 0.319 e. The normalized spacial score (nSPS) is 11.0. The Morgan fingerprint density at radius 1 is 1.10 bits per heavy atom. The predicted octanol–water partition coefficient (Wildman–Crippen LogP) is 3.69. The molecule has 0 fully saturated rings. The molecule has 0 saturated heterocycles. The number of aromatic nitrogens is 1. The van der Waals surface area contributed by atoms with Gasteiger partial charge in [0.25, 0.3) is 0 Å². The number of sulfone groups is 1. The molecule has 0 atom stereocenters. The monoisotopic (exact) mass is 425 g/mol. The third kappa shape index (κ3) is 5.57. The highest BCUT2D eigenvalue weighted by atomic mass is 32.2. The van der Waals surface area contributed by atoms with Crippen LogP contribution in [0.15, 0.2) is 71.9 Å². The molecule has 3 aromatic rings. The highest BCUT2D eigenvalue weighted by Gasteiger charge is 2.17. The maximum atomic E-state index is 12.8. The Morgan fingerprint density at radius 3 is 2.53 bits per heavy atom. The van der Waals surface area contributed by atoms with Gasteiger partial charge in [0.05, 0.1) is 17.8 Å². The Bertz CT molecular complexity index is 1110. The number of pyridine rings is 1. The van der Waals surface area contributed by atoms with Crippen molar-refractivity contribution in [3.8, 4) is 5.75 Å². The van der Waals surface area contributed by atoms with E-state index in [0.29, 0.717) is 23.5 Å². The number of hydrogen-bond donors (Lipinski definition) is 2. The number of ether oxygens (including phenoxy) is 1. The van der Waals surface area contributed by atoms with Gasteiger partial charge in [0, 0.05) is 24.6 Å². The fraction of sp³-hybridized carbons (Fsp3) is 0.182. The Labute approximate surface area is 176 Å². The first-order chi connectivity index (χ1) is 14.4. The molecule has 1 heterocycles. The Balaban J connectivity index is 1.63. The fourth-order valence-electron chi connectivity index (χ4n) is 2.82. The highest BCUT2D eigenvalue weighted by Crippen LogP contribution is 2.23. The van der Waals surface area contributed by atoms with E-state index >= 15 is 0 Å². The van der Waals surface area contributed by atoms with Gasteiger partial charge in [-0.15, -0.1) is 0 Å². The van der Waals surface area contributed by atoms with Crippen LogP contribution in [-0.4, -0.2) is 26.5 Å². The van der Waals surface area contributed by atoms with Crippen LogP contribution in [0.25, 0.3) is 0 Å². The summed E-state index contributed by atoms with van der Waals surface area (Å²) in [6, 6.07) is 14.7. The molecule has 0 aliphatic carbocycles. The summed E-state index contributed by atoms with van der Waals surface area (Å²) in [5.41, 5.74) is 2.94. The summed E-state index contributed by atoms with van der Waals surface area (Å²) in [6.45, 7) is 2.20. The molecular formula is C22H23N3O4S. The molecule has 0 aliphatic rings. The van der Waals surface area contributed by atoms with Gasteiger partial charge in [-0.25, -0.2) is 13.2 Å². The molecule has 0 saturated carbocycles. The molecule has 2 aromatic carbocycles. The van der Waals surface area contributed by atoms with Crippen molar-refractivity contribution in [2.45, 2.75) is 24.1 Å². The van der Waals surface area contributed by atoms with Crippen LogP contribution in [0.1, 0.15) is 16.7 Å². The first-order valence-electron chi connectivity index (χ1n) is 9.27. The van der Waals surface area contributed by atoms with Crippen LogP contribution < -0.4 is 15.4 Å². The minimum atomic E-state index is -3.54. The number of carbonyl (C=O) groups is 1. The maximum absolute atomic E-state index is 12.8.